The first-order chi connectivity index (χ1) is 7.87. The van der Waals surface area contributed by atoms with Gasteiger partial charge >= 0.3 is 5.97 Å². The van der Waals surface area contributed by atoms with E-state index in [2.05, 4.69) is 0 Å². The minimum absolute atomic E-state index is 0.123. The van der Waals surface area contributed by atoms with Crippen molar-refractivity contribution in [2.75, 3.05) is 0 Å². The number of benzene rings is 1. The molecule has 92 valence electrons. The lowest BCUT2D eigenvalue weighted by atomic mass is 10.0. The van der Waals surface area contributed by atoms with E-state index in [0.29, 0.717) is 5.56 Å². The molecule has 0 amide bonds. The van der Waals surface area contributed by atoms with Gasteiger partial charge in [0.25, 0.3) is 0 Å². The van der Waals surface area contributed by atoms with E-state index >= 15 is 0 Å². The second-order valence-corrected chi connectivity index (χ2v) is 5.56. The molecule has 1 aromatic carbocycles. The molecule has 1 aliphatic carbocycles. The molecule has 3 nitrogen and oxygen atoms in total. The van der Waals surface area contributed by atoms with Crippen LogP contribution in [0.5, 0.6) is 0 Å². The first kappa shape index (κ1) is 12.1. The third-order valence-corrected chi connectivity index (χ3v) is 2.90. The topological polar surface area (TPSA) is 52.3 Å². The van der Waals surface area contributed by atoms with Gasteiger partial charge in [0.2, 0.25) is 0 Å². The smallest absolute Gasteiger partial charge is 0.338 e. The largest absolute Gasteiger partial charge is 0.456 e. The monoisotopic (exact) mass is 233 g/mol. The summed E-state index contributed by atoms with van der Waals surface area (Å²) in [6.07, 6.45) is 1.92. The highest BCUT2D eigenvalue weighted by molar-refractivity contribution is 5.90. The van der Waals surface area contributed by atoms with E-state index in [4.69, 9.17) is 10.5 Å². The van der Waals surface area contributed by atoms with Crippen LogP contribution in [-0.2, 0) is 11.2 Å². The van der Waals surface area contributed by atoms with Crippen molar-refractivity contribution in [1.82, 2.24) is 0 Å². The van der Waals surface area contributed by atoms with Gasteiger partial charge in [0, 0.05) is 6.04 Å². The molecule has 3 heteroatoms. The third kappa shape index (κ3) is 2.67. The van der Waals surface area contributed by atoms with Crippen LogP contribution in [0.2, 0.25) is 0 Å². The van der Waals surface area contributed by atoms with Gasteiger partial charge in [-0.1, -0.05) is 6.07 Å². The van der Waals surface area contributed by atoms with Gasteiger partial charge in [0.15, 0.2) is 0 Å². The van der Waals surface area contributed by atoms with Gasteiger partial charge in [0.05, 0.1) is 5.56 Å². The average Bonchev–Trinajstić information content (AvgIpc) is 2.57. The summed E-state index contributed by atoms with van der Waals surface area (Å²) >= 11 is 0. The highest BCUT2D eigenvalue weighted by atomic mass is 16.6. The molecular weight excluding hydrogens is 214 g/mol. The number of rotatable bonds is 1. The third-order valence-electron chi connectivity index (χ3n) is 2.90. The fraction of sp³-hybridized carbons (Fsp3) is 0.500. The Hall–Kier alpha value is -1.35. The van der Waals surface area contributed by atoms with Crippen LogP contribution < -0.4 is 5.73 Å². The fourth-order valence-electron chi connectivity index (χ4n) is 2.11. The van der Waals surface area contributed by atoms with Crippen LogP contribution >= 0.6 is 0 Å². The van der Waals surface area contributed by atoms with Crippen LogP contribution in [0.15, 0.2) is 18.2 Å². The maximum atomic E-state index is 11.9. The maximum absolute atomic E-state index is 11.9. The minimum atomic E-state index is -0.452. The van der Waals surface area contributed by atoms with Gasteiger partial charge in [-0.05, 0) is 56.9 Å². The molecule has 1 atom stereocenters. The summed E-state index contributed by atoms with van der Waals surface area (Å²) < 4.78 is 5.34. The quantitative estimate of drug-likeness (QED) is 0.758. The van der Waals surface area contributed by atoms with Crippen LogP contribution in [0.3, 0.4) is 0 Å². The van der Waals surface area contributed by atoms with Gasteiger partial charge in [-0.25, -0.2) is 4.79 Å². The first-order valence-corrected chi connectivity index (χ1v) is 5.98. The molecule has 1 unspecified atom stereocenters. The van der Waals surface area contributed by atoms with Crippen molar-refractivity contribution in [3.63, 3.8) is 0 Å². The number of ether oxygens (including phenoxy) is 1. The predicted molar refractivity (Wildman–Crippen MR) is 66.9 cm³/mol. The van der Waals surface area contributed by atoms with Crippen LogP contribution in [0.1, 0.15) is 54.7 Å². The van der Waals surface area contributed by atoms with Crippen molar-refractivity contribution in [1.29, 1.82) is 0 Å². The van der Waals surface area contributed by atoms with Gasteiger partial charge < -0.3 is 10.5 Å². The number of hydrogen-bond acceptors (Lipinski definition) is 3. The van der Waals surface area contributed by atoms with E-state index in [1.807, 2.05) is 32.9 Å². The van der Waals surface area contributed by atoms with Crippen molar-refractivity contribution >= 4 is 5.97 Å². The first-order valence-electron chi connectivity index (χ1n) is 5.98. The second-order valence-electron chi connectivity index (χ2n) is 5.56. The summed E-state index contributed by atoms with van der Waals surface area (Å²) in [6, 6.07) is 5.79. The molecule has 2 rings (SSSR count). The van der Waals surface area contributed by atoms with Crippen LogP contribution in [-0.4, -0.2) is 11.6 Å². The van der Waals surface area contributed by atoms with E-state index in [1.165, 1.54) is 5.56 Å². The summed E-state index contributed by atoms with van der Waals surface area (Å²) in [7, 11) is 0. The SMILES string of the molecule is CC(C)(C)OC(=O)c1ccc2c(c1)CCC2N. The maximum Gasteiger partial charge on any atom is 0.338 e. The Morgan fingerprint density at radius 2 is 2.12 bits per heavy atom. The summed E-state index contributed by atoms with van der Waals surface area (Å²) in [5.74, 6) is -0.263. The van der Waals surface area contributed by atoms with Crippen LogP contribution in [0, 0.1) is 0 Å². The van der Waals surface area contributed by atoms with E-state index < -0.39 is 5.60 Å². The number of esters is 1. The molecule has 0 aliphatic heterocycles. The van der Waals surface area contributed by atoms with Crippen molar-refractivity contribution in [3.8, 4) is 0 Å². The molecule has 1 aromatic rings. The normalized spacial score (nSPS) is 18.9. The second kappa shape index (κ2) is 4.15. The molecular formula is C14H19NO2. The van der Waals surface area contributed by atoms with Crippen LogP contribution in [0.4, 0.5) is 0 Å². The number of fused-ring (bicyclic) bond motifs is 1. The van der Waals surface area contributed by atoms with Gasteiger partial charge in [0.1, 0.15) is 5.60 Å². The van der Waals surface area contributed by atoms with Gasteiger partial charge in [-0.3, -0.25) is 0 Å². The zero-order valence-electron chi connectivity index (χ0n) is 10.6. The zero-order chi connectivity index (χ0) is 12.6. The number of carbonyl (C=O) groups is 1. The van der Waals surface area contributed by atoms with E-state index in [1.54, 1.807) is 6.07 Å². The molecule has 0 spiro atoms. The Labute approximate surface area is 102 Å². The van der Waals surface area contributed by atoms with Crippen molar-refractivity contribution < 1.29 is 9.53 Å². The molecule has 0 bridgehead atoms. The summed E-state index contributed by atoms with van der Waals surface area (Å²) in [5, 5.41) is 0. The Morgan fingerprint density at radius 1 is 1.41 bits per heavy atom. The molecule has 0 heterocycles. The number of hydrogen-bond donors (Lipinski definition) is 1. The highest BCUT2D eigenvalue weighted by Crippen LogP contribution is 2.30. The average molecular weight is 233 g/mol. The Morgan fingerprint density at radius 3 is 2.76 bits per heavy atom. The summed E-state index contributed by atoms with van der Waals surface area (Å²) in [4.78, 5) is 11.9. The number of aryl methyl sites for hydroxylation is 1. The Bertz CT molecular complexity index is 446. The summed E-state index contributed by atoms with van der Waals surface area (Å²) in [5.41, 5.74) is 8.47. The zero-order valence-corrected chi connectivity index (χ0v) is 10.6. The highest BCUT2D eigenvalue weighted by Gasteiger charge is 2.22. The van der Waals surface area contributed by atoms with E-state index in [9.17, 15) is 4.79 Å². The lowest BCUT2D eigenvalue weighted by Gasteiger charge is -2.19. The molecule has 0 fully saturated rings. The molecule has 17 heavy (non-hydrogen) atoms. The molecule has 0 saturated carbocycles. The molecule has 0 aromatic heterocycles. The van der Waals surface area contributed by atoms with E-state index in [-0.39, 0.29) is 12.0 Å². The number of nitrogens with two attached hydrogens (primary N) is 1. The fourth-order valence-corrected chi connectivity index (χ4v) is 2.11. The molecule has 2 N–H and O–H groups in total. The molecule has 1 aliphatic rings. The molecule has 0 radical (unpaired) electrons. The standard InChI is InChI=1S/C14H19NO2/c1-14(2,3)17-13(16)10-4-6-11-9(8-10)5-7-12(11)15/h4,6,8,12H,5,7,15H2,1-3H3. The van der Waals surface area contributed by atoms with Crippen molar-refractivity contribution in [2.45, 2.75) is 45.3 Å². The van der Waals surface area contributed by atoms with Crippen LogP contribution in [0.25, 0.3) is 0 Å². The lowest BCUT2D eigenvalue weighted by Crippen LogP contribution is -2.24. The Balaban J connectivity index is 2.21. The predicted octanol–water partition coefficient (Wildman–Crippen LogP) is 2.59. The minimum Gasteiger partial charge on any atom is -0.456 e. The molecule has 0 saturated heterocycles. The van der Waals surface area contributed by atoms with Gasteiger partial charge in [-0.15, -0.1) is 0 Å². The Kier molecular flexibility index (Phi) is 2.96. The summed E-state index contributed by atoms with van der Waals surface area (Å²) in [6.45, 7) is 5.61. The number of carbonyl (C=O) groups excluding carboxylic acids is 1. The lowest BCUT2D eigenvalue weighted by molar-refractivity contribution is 0.00694. The van der Waals surface area contributed by atoms with Crippen molar-refractivity contribution in [3.05, 3.63) is 34.9 Å². The van der Waals surface area contributed by atoms with E-state index in [0.717, 1.165) is 18.4 Å². The van der Waals surface area contributed by atoms with Gasteiger partial charge in [-0.2, -0.15) is 0 Å². The van der Waals surface area contributed by atoms with Crippen molar-refractivity contribution in [2.24, 2.45) is 5.73 Å².